The Morgan fingerprint density at radius 1 is 1.78 bits per heavy atom. The Hall–Kier alpha value is -1.17. The molecule has 3 heteroatoms. The molecule has 0 heterocycles. The van der Waals surface area contributed by atoms with Gasteiger partial charge in [0.05, 0.1) is 12.1 Å². The van der Waals surface area contributed by atoms with Crippen molar-refractivity contribution in [3.8, 4) is 6.07 Å². The Bertz CT molecular complexity index is 141. The van der Waals surface area contributed by atoms with Crippen molar-refractivity contribution in [1.82, 2.24) is 5.32 Å². The quantitative estimate of drug-likeness (QED) is 0.522. The highest BCUT2D eigenvalue weighted by Gasteiger charge is 1.90. The summed E-state index contributed by atoms with van der Waals surface area (Å²) in [5.41, 5.74) is 5.31. The van der Waals surface area contributed by atoms with Crippen molar-refractivity contribution >= 4 is 0 Å². The summed E-state index contributed by atoms with van der Waals surface area (Å²) in [5, 5.41) is 11.0. The van der Waals surface area contributed by atoms with Crippen molar-refractivity contribution in [3.63, 3.8) is 0 Å². The Morgan fingerprint density at radius 2 is 2.33 bits per heavy atom. The minimum absolute atomic E-state index is 0.287. The second kappa shape index (κ2) is 3.79. The summed E-state index contributed by atoms with van der Waals surface area (Å²) in [6.45, 7) is 3.91. The Labute approximate surface area is 55.2 Å². The maximum Gasteiger partial charge on any atom is 0.107 e. The summed E-state index contributed by atoms with van der Waals surface area (Å²) < 4.78 is 0. The van der Waals surface area contributed by atoms with Crippen molar-refractivity contribution in [1.29, 1.82) is 5.26 Å². The second-order valence-electron chi connectivity index (χ2n) is 2.03. The molecule has 0 unspecified atom stereocenters. The molecule has 0 atom stereocenters. The minimum atomic E-state index is 0.287. The average molecular weight is 125 g/mol. The molecule has 0 aromatic heterocycles. The van der Waals surface area contributed by atoms with Crippen molar-refractivity contribution in [3.05, 3.63) is 11.9 Å². The molecule has 0 aromatic carbocycles. The lowest BCUT2D eigenvalue weighted by Gasteiger charge is -2.07. The van der Waals surface area contributed by atoms with Crippen LogP contribution in [0.25, 0.3) is 0 Å². The predicted octanol–water partition coefficient (Wildman–Crippen LogP) is 0.308. The molecule has 0 bridgehead atoms. The average Bonchev–Trinajstić information content (AvgIpc) is 1.63. The third-order valence-electron chi connectivity index (χ3n) is 0.675. The van der Waals surface area contributed by atoms with E-state index in [-0.39, 0.29) is 6.04 Å². The highest BCUT2D eigenvalue weighted by atomic mass is 15.0. The molecule has 0 spiro atoms. The van der Waals surface area contributed by atoms with Gasteiger partial charge in [0, 0.05) is 6.04 Å². The SMILES string of the molecule is CC(C)N/C(N)=C/C#N. The molecule has 3 nitrogen and oxygen atoms in total. The number of nitrogens with one attached hydrogen (secondary N) is 1. The lowest BCUT2D eigenvalue weighted by molar-refractivity contribution is 0.663. The topological polar surface area (TPSA) is 61.8 Å². The van der Waals surface area contributed by atoms with E-state index in [9.17, 15) is 0 Å². The fourth-order valence-corrected chi connectivity index (χ4v) is 0.445. The van der Waals surface area contributed by atoms with Crippen LogP contribution in [0.4, 0.5) is 0 Å². The molecule has 0 aliphatic rings. The summed E-state index contributed by atoms with van der Waals surface area (Å²) in [7, 11) is 0. The smallest absolute Gasteiger partial charge is 0.107 e. The zero-order valence-corrected chi connectivity index (χ0v) is 5.68. The zero-order valence-electron chi connectivity index (χ0n) is 5.68. The second-order valence-corrected chi connectivity index (χ2v) is 2.03. The first kappa shape index (κ1) is 7.83. The van der Waals surface area contributed by atoms with E-state index in [2.05, 4.69) is 5.32 Å². The van der Waals surface area contributed by atoms with Gasteiger partial charge in [0.15, 0.2) is 0 Å². The predicted molar refractivity (Wildman–Crippen MR) is 36.2 cm³/mol. The van der Waals surface area contributed by atoms with Crippen LogP contribution >= 0.6 is 0 Å². The largest absolute Gasteiger partial charge is 0.385 e. The van der Waals surface area contributed by atoms with Gasteiger partial charge in [0.2, 0.25) is 0 Å². The van der Waals surface area contributed by atoms with E-state index in [0.717, 1.165) is 0 Å². The molecular formula is C6H11N3. The van der Waals surface area contributed by atoms with Gasteiger partial charge in [0.25, 0.3) is 0 Å². The first-order valence-corrected chi connectivity index (χ1v) is 2.78. The van der Waals surface area contributed by atoms with E-state index in [1.807, 2.05) is 19.9 Å². The first-order valence-electron chi connectivity index (χ1n) is 2.78. The Kier molecular flexibility index (Phi) is 3.29. The van der Waals surface area contributed by atoms with E-state index in [1.165, 1.54) is 6.08 Å². The number of allylic oxidation sites excluding steroid dienone is 1. The molecule has 0 radical (unpaired) electrons. The molecule has 0 amide bonds. The van der Waals surface area contributed by atoms with Gasteiger partial charge in [-0.1, -0.05) is 0 Å². The van der Waals surface area contributed by atoms with Crippen LogP contribution < -0.4 is 11.1 Å². The van der Waals surface area contributed by atoms with Gasteiger partial charge >= 0.3 is 0 Å². The number of nitrogens with zero attached hydrogens (tertiary/aromatic N) is 1. The van der Waals surface area contributed by atoms with Gasteiger partial charge in [-0.05, 0) is 13.8 Å². The third kappa shape index (κ3) is 4.69. The molecule has 0 rings (SSSR count). The van der Waals surface area contributed by atoms with Crippen molar-refractivity contribution in [2.75, 3.05) is 0 Å². The molecule has 50 valence electrons. The van der Waals surface area contributed by atoms with E-state index in [1.54, 1.807) is 0 Å². The van der Waals surface area contributed by atoms with Gasteiger partial charge in [-0.25, -0.2) is 0 Å². The van der Waals surface area contributed by atoms with E-state index in [0.29, 0.717) is 5.82 Å². The lowest BCUT2D eigenvalue weighted by atomic mass is 10.4. The van der Waals surface area contributed by atoms with Crippen LogP contribution in [0.1, 0.15) is 13.8 Å². The molecule has 9 heavy (non-hydrogen) atoms. The number of nitriles is 1. The van der Waals surface area contributed by atoms with Crippen LogP contribution in [0.2, 0.25) is 0 Å². The lowest BCUT2D eigenvalue weighted by Crippen LogP contribution is -2.26. The number of rotatable bonds is 2. The maximum absolute atomic E-state index is 8.10. The summed E-state index contributed by atoms with van der Waals surface area (Å²) >= 11 is 0. The van der Waals surface area contributed by atoms with E-state index in [4.69, 9.17) is 11.0 Å². The molecule has 0 fully saturated rings. The summed E-state index contributed by atoms with van der Waals surface area (Å²) in [6, 6.07) is 2.11. The monoisotopic (exact) mass is 125 g/mol. The van der Waals surface area contributed by atoms with Crippen LogP contribution in [0, 0.1) is 11.3 Å². The summed E-state index contributed by atoms with van der Waals surface area (Å²) in [6.07, 6.45) is 1.28. The van der Waals surface area contributed by atoms with Gasteiger partial charge < -0.3 is 11.1 Å². The van der Waals surface area contributed by atoms with Gasteiger partial charge in [-0.3, -0.25) is 0 Å². The van der Waals surface area contributed by atoms with Crippen molar-refractivity contribution < 1.29 is 0 Å². The summed E-state index contributed by atoms with van der Waals surface area (Å²) in [4.78, 5) is 0. The van der Waals surface area contributed by atoms with Crippen molar-refractivity contribution in [2.45, 2.75) is 19.9 Å². The highest BCUT2D eigenvalue weighted by molar-refractivity contribution is 5.08. The highest BCUT2D eigenvalue weighted by Crippen LogP contribution is 1.80. The molecule has 0 aromatic rings. The van der Waals surface area contributed by atoms with Gasteiger partial charge in [0.1, 0.15) is 5.82 Å². The third-order valence-corrected chi connectivity index (χ3v) is 0.675. The van der Waals surface area contributed by atoms with E-state index < -0.39 is 0 Å². The van der Waals surface area contributed by atoms with Crippen LogP contribution in [-0.2, 0) is 0 Å². The summed E-state index contributed by atoms with van der Waals surface area (Å²) in [5.74, 6) is 0.424. The molecular weight excluding hydrogens is 114 g/mol. The van der Waals surface area contributed by atoms with Crippen LogP contribution in [0.3, 0.4) is 0 Å². The molecule has 0 aliphatic heterocycles. The molecule has 0 aliphatic carbocycles. The zero-order chi connectivity index (χ0) is 7.28. The molecule has 0 saturated carbocycles. The van der Waals surface area contributed by atoms with E-state index >= 15 is 0 Å². The molecule has 3 N–H and O–H groups in total. The first-order chi connectivity index (χ1) is 4.16. The minimum Gasteiger partial charge on any atom is -0.385 e. The Morgan fingerprint density at radius 3 is 2.67 bits per heavy atom. The van der Waals surface area contributed by atoms with Gasteiger partial charge in [-0.2, -0.15) is 5.26 Å². The number of nitrogens with two attached hydrogens (primary N) is 1. The molecule has 0 saturated heterocycles. The standard InChI is InChI=1S/C6H11N3/c1-5(2)9-6(8)3-4-7/h3,5,9H,8H2,1-2H3/b6-3+. The fraction of sp³-hybridized carbons (Fsp3) is 0.500. The maximum atomic E-state index is 8.10. The van der Waals surface area contributed by atoms with Crippen LogP contribution in [0.5, 0.6) is 0 Å². The normalized spacial score (nSPS) is 11.1. The Balaban J connectivity index is 3.66. The van der Waals surface area contributed by atoms with Gasteiger partial charge in [-0.15, -0.1) is 0 Å². The fourth-order valence-electron chi connectivity index (χ4n) is 0.445. The van der Waals surface area contributed by atoms with Crippen LogP contribution in [-0.4, -0.2) is 6.04 Å². The van der Waals surface area contributed by atoms with Crippen LogP contribution in [0.15, 0.2) is 11.9 Å². The number of hydrogen-bond donors (Lipinski definition) is 2. The number of hydrogen-bond acceptors (Lipinski definition) is 3. The van der Waals surface area contributed by atoms with Crippen molar-refractivity contribution in [2.24, 2.45) is 5.73 Å².